The van der Waals surface area contributed by atoms with Gasteiger partial charge in [0, 0.05) is 14.1 Å². The predicted octanol–water partition coefficient (Wildman–Crippen LogP) is 3.42. The number of carbonyl (C=O) groups is 1. The molecule has 0 spiro atoms. The molecule has 1 amide bonds. The van der Waals surface area contributed by atoms with Crippen LogP contribution in [-0.2, 0) is 0 Å². The summed E-state index contributed by atoms with van der Waals surface area (Å²) in [4.78, 5) is 23.0. The van der Waals surface area contributed by atoms with E-state index in [4.69, 9.17) is 4.99 Å². The Labute approximate surface area is 171 Å². The van der Waals surface area contributed by atoms with Crippen LogP contribution in [0.4, 0.5) is 5.69 Å². The minimum absolute atomic E-state index is 0.0752. The number of aliphatic imine (C=N–C) groups is 2. The zero-order valence-electron chi connectivity index (χ0n) is 17.4. The molecule has 1 aliphatic heterocycles. The average molecular weight is 393 g/mol. The number of nitrogens with one attached hydrogen (secondary N) is 2. The number of carbonyl (C=O) groups excluding carboxylic acids is 1. The smallest absolute Gasteiger partial charge is 0.257 e. The number of benzene rings is 2. The van der Waals surface area contributed by atoms with E-state index in [0.29, 0.717) is 17.4 Å². The Kier molecular flexibility index (Phi) is 5.59. The Bertz CT molecular complexity index is 959. The van der Waals surface area contributed by atoms with Crippen molar-refractivity contribution in [2.45, 2.75) is 26.8 Å². The van der Waals surface area contributed by atoms with Crippen LogP contribution < -0.4 is 10.9 Å². The van der Waals surface area contributed by atoms with Crippen LogP contribution in [-0.4, -0.2) is 41.7 Å². The fourth-order valence-electron chi connectivity index (χ4n) is 3.04. The maximum absolute atomic E-state index is 12.2. The van der Waals surface area contributed by atoms with Gasteiger partial charge in [-0.15, -0.1) is 0 Å². The maximum Gasteiger partial charge on any atom is 0.257 e. The monoisotopic (exact) mass is 393 g/mol. The second-order valence-corrected chi connectivity index (χ2v) is 8.24. The van der Waals surface area contributed by atoms with Crippen molar-refractivity contribution in [3.63, 3.8) is 0 Å². The Balaban J connectivity index is 1.95. The van der Waals surface area contributed by atoms with Crippen molar-refractivity contribution in [1.29, 1.82) is 0 Å². The van der Waals surface area contributed by atoms with E-state index in [2.05, 4.69) is 48.7 Å². The van der Waals surface area contributed by atoms with Gasteiger partial charge in [-0.2, -0.15) is 0 Å². The number of aromatic hydroxyl groups is 1. The first-order valence-corrected chi connectivity index (χ1v) is 9.46. The van der Waals surface area contributed by atoms with E-state index in [9.17, 15) is 9.90 Å². The molecule has 0 saturated carbocycles. The quantitative estimate of drug-likeness (QED) is 0.743. The minimum Gasteiger partial charge on any atom is -0.505 e. The van der Waals surface area contributed by atoms with Crippen LogP contribution >= 0.6 is 0 Å². The largest absolute Gasteiger partial charge is 0.505 e. The summed E-state index contributed by atoms with van der Waals surface area (Å²) in [5, 5.41) is 10.5. The first kappa shape index (κ1) is 20.4. The molecule has 1 fully saturated rings. The second-order valence-electron chi connectivity index (χ2n) is 8.24. The van der Waals surface area contributed by atoms with E-state index < -0.39 is 0 Å². The lowest BCUT2D eigenvalue weighted by molar-refractivity contribution is 0.0824. The number of hydrazine groups is 1. The molecule has 0 bridgehead atoms. The molecule has 29 heavy (non-hydrogen) atoms. The van der Waals surface area contributed by atoms with Crippen molar-refractivity contribution in [3.05, 3.63) is 59.7 Å². The van der Waals surface area contributed by atoms with Crippen molar-refractivity contribution in [1.82, 2.24) is 15.8 Å². The van der Waals surface area contributed by atoms with E-state index in [-0.39, 0.29) is 28.7 Å². The standard InChI is InChI=1S/C22H27N5O2/c1-22(2,3)18(14-10-7-6-8-11-14)24-20-19(25-26-20)23-16-13-9-12-15(17(16)28)21(29)27(4)5/h6-13,18,28H,1-5H3,(H,23,25)(H,24,26)/t18-/m0/s1. The summed E-state index contributed by atoms with van der Waals surface area (Å²) in [5.74, 6) is 0.689. The molecule has 1 heterocycles. The lowest BCUT2D eigenvalue weighted by atomic mass is 9.83. The summed E-state index contributed by atoms with van der Waals surface area (Å²) in [6.07, 6.45) is 0. The van der Waals surface area contributed by atoms with Crippen molar-refractivity contribution >= 4 is 23.3 Å². The number of hydrogen-bond acceptors (Lipinski definition) is 4. The van der Waals surface area contributed by atoms with Crippen molar-refractivity contribution in [2.24, 2.45) is 15.4 Å². The van der Waals surface area contributed by atoms with Crippen molar-refractivity contribution < 1.29 is 9.90 Å². The molecule has 1 saturated heterocycles. The second kappa shape index (κ2) is 7.95. The molecule has 0 aliphatic carbocycles. The lowest BCUT2D eigenvalue weighted by Gasteiger charge is -2.31. The van der Waals surface area contributed by atoms with Gasteiger partial charge in [0.15, 0.2) is 17.4 Å². The molecule has 7 heteroatoms. The molecular weight excluding hydrogens is 366 g/mol. The number of hydrogen-bond donors (Lipinski definition) is 3. The van der Waals surface area contributed by atoms with Gasteiger partial charge < -0.3 is 10.0 Å². The third-order valence-electron chi connectivity index (χ3n) is 4.60. The van der Waals surface area contributed by atoms with Gasteiger partial charge in [0.1, 0.15) is 5.69 Å². The molecule has 1 atom stereocenters. The van der Waals surface area contributed by atoms with Gasteiger partial charge in [-0.25, -0.2) is 4.99 Å². The van der Waals surface area contributed by atoms with Gasteiger partial charge in [0.2, 0.25) is 0 Å². The number of rotatable bonds is 4. The van der Waals surface area contributed by atoms with Crippen LogP contribution in [0.2, 0.25) is 0 Å². The fourth-order valence-corrected chi connectivity index (χ4v) is 3.04. The highest BCUT2D eigenvalue weighted by atomic mass is 16.3. The van der Waals surface area contributed by atoms with Crippen molar-refractivity contribution in [3.8, 4) is 5.75 Å². The lowest BCUT2D eigenvalue weighted by Crippen LogP contribution is -2.61. The fraction of sp³-hybridized carbons (Fsp3) is 0.318. The van der Waals surface area contributed by atoms with Gasteiger partial charge in [-0.3, -0.25) is 20.6 Å². The van der Waals surface area contributed by atoms with Crippen LogP contribution in [0.5, 0.6) is 5.75 Å². The third kappa shape index (κ3) is 4.39. The zero-order chi connectivity index (χ0) is 21.2. The molecule has 0 aromatic heterocycles. The summed E-state index contributed by atoms with van der Waals surface area (Å²) in [6, 6.07) is 15.0. The maximum atomic E-state index is 12.2. The first-order chi connectivity index (χ1) is 13.7. The SMILES string of the molecule is CN(C)C(=O)c1cccc(N=C2NNC2=N[C@@H](c2ccccc2)C(C)(C)C)c1O. The summed E-state index contributed by atoms with van der Waals surface area (Å²) in [6.45, 7) is 6.42. The highest BCUT2D eigenvalue weighted by Gasteiger charge is 2.29. The number of amides is 1. The summed E-state index contributed by atoms with van der Waals surface area (Å²) in [7, 11) is 3.28. The van der Waals surface area contributed by atoms with E-state index in [1.165, 1.54) is 4.90 Å². The van der Waals surface area contributed by atoms with E-state index in [0.717, 1.165) is 5.56 Å². The van der Waals surface area contributed by atoms with E-state index in [1.54, 1.807) is 32.3 Å². The Morgan fingerprint density at radius 1 is 1.00 bits per heavy atom. The number of phenols is 1. The van der Waals surface area contributed by atoms with Crippen molar-refractivity contribution in [2.75, 3.05) is 14.1 Å². The summed E-state index contributed by atoms with van der Waals surface area (Å²) in [5.41, 5.74) is 7.42. The van der Waals surface area contributed by atoms with E-state index >= 15 is 0 Å². The normalized spacial score (nSPS) is 17.3. The highest BCUT2D eigenvalue weighted by molar-refractivity contribution is 6.45. The molecule has 7 nitrogen and oxygen atoms in total. The number of amidine groups is 2. The average Bonchev–Trinajstić information content (AvgIpc) is 2.65. The molecule has 2 aromatic carbocycles. The van der Waals surface area contributed by atoms with Gasteiger partial charge in [-0.05, 0) is 23.1 Å². The van der Waals surface area contributed by atoms with Crippen LogP contribution in [0.3, 0.4) is 0 Å². The Morgan fingerprint density at radius 3 is 2.21 bits per heavy atom. The number of nitrogens with zero attached hydrogens (tertiary/aromatic N) is 3. The van der Waals surface area contributed by atoms with Crippen LogP contribution in [0.25, 0.3) is 0 Å². The van der Waals surface area contributed by atoms with Gasteiger partial charge in [0.05, 0.1) is 11.6 Å². The minimum atomic E-state index is -0.282. The van der Waals surface area contributed by atoms with Crippen LogP contribution in [0.1, 0.15) is 42.7 Å². The number of para-hydroxylation sites is 1. The highest BCUT2D eigenvalue weighted by Crippen LogP contribution is 2.36. The van der Waals surface area contributed by atoms with Crippen LogP contribution in [0.15, 0.2) is 58.5 Å². The summed E-state index contributed by atoms with van der Waals surface area (Å²) >= 11 is 0. The van der Waals surface area contributed by atoms with Gasteiger partial charge in [0.25, 0.3) is 5.91 Å². The molecule has 152 valence electrons. The van der Waals surface area contributed by atoms with Crippen LogP contribution in [0, 0.1) is 5.41 Å². The third-order valence-corrected chi connectivity index (χ3v) is 4.60. The Morgan fingerprint density at radius 2 is 1.66 bits per heavy atom. The molecule has 1 aliphatic rings. The van der Waals surface area contributed by atoms with Gasteiger partial charge in [-0.1, -0.05) is 57.2 Å². The predicted molar refractivity (Wildman–Crippen MR) is 116 cm³/mol. The molecular formula is C22H27N5O2. The zero-order valence-corrected chi connectivity index (χ0v) is 17.4. The molecule has 2 aromatic rings. The van der Waals surface area contributed by atoms with Gasteiger partial charge >= 0.3 is 0 Å². The summed E-state index contributed by atoms with van der Waals surface area (Å²) < 4.78 is 0. The number of phenolic OH excluding ortho intramolecular Hbond substituents is 1. The Hall–Kier alpha value is -3.35. The first-order valence-electron chi connectivity index (χ1n) is 9.46. The molecule has 0 unspecified atom stereocenters. The topological polar surface area (TPSA) is 89.3 Å². The molecule has 3 N–H and O–H groups in total. The molecule has 3 rings (SSSR count). The molecule has 0 radical (unpaired) electrons. The van der Waals surface area contributed by atoms with E-state index in [1.807, 2.05) is 18.2 Å².